The Balaban J connectivity index is 1.71. The molecule has 3 rings (SSSR count). The molecule has 2 aromatic carbocycles. The van der Waals surface area contributed by atoms with Crippen LogP contribution in [0.1, 0.15) is 25.8 Å². The van der Waals surface area contributed by atoms with E-state index in [1.54, 1.807) is 16.7 Å². The summed E-state index contributed by atoms with van der Waals surface area (Å²) in [6, 6.07) is 14.7. The van der Waals surface area contributed by atoms with Gasteiger partial charge in [0.1, 0.15) is 6.54 Å². The molecule has 0 aliphatic heterocycles. The molecule has 1 aromatic heterocycles. The van der Waals surface area contributed by atoms with E-state index < -0.39 is 18.0 Å². The second kappa shape index (κ2) is 8.77. The zero-order chi connectivity index (χ0) is 21.0. The molecule has 1 heterocycles. The largest absolute Gasteiger partial charge is 0.451 e. The fourth-order valence-electron chi connectivity index (χ4n) is 3.25. The number of hydrogen-bond donors (Lipinski definition) is 1. The van der Waals surface area contributed by atoms with Crippen LogP contribution < -0.4 is 11.0 Å². The van der Waals surface area contributed by atoms with Gasteiger partial charge in [0, 0.05) is 12.2 Å². The smallest absolute Gasteiger partial charge is 0.329 e. The van der Waals surface area contributed by atoms with Crippen LogP contribution in [0.3, 0.4) is 0 Å². The lowest BCUT2D eigenvalue weighted by Gasteiger charge is -2.14. The Kier molecular flexibility index (Phi) is 6.16. The van der Waals surface area contributed by atoms with Gasteiger partial charge < -0.3 is 10.1 Å². The van der Waals surface area contributed by atoms with Gasteiger partial charge >= 0.3 is 11.7 Å². The first-order valence-electron chi connectivity index (χ1n) is 9.65. The molecule has 0 aliphatic carbocycles. The lowest BCUT2D eigenvalue weighted by molar-refractivity contribution is -0.153. The number of amides is 1. The average Bonchev–Trinajstić information content (AvgIpc) is 2.94. The third kappa shape index (κ3) is 4.56. The first-order valence-corrected chi connectivity index (χ1v) is 9.65. The summed E-state index contributed by atoms with van der Waals surface area (Å²) >= 11 is 0. The molecule has 7 heteroatoms. The van der Waals surface area contributed by atoms with E-state index in [4.69, 9.17) is 4.74 Å². The van der Waals surface area contributed by atoms with Crippen LogP contribution in [0, 0.1) is 6.92 Å². The van der Waals surface area contributed by atoms with E-state index in [0.29, 0.717) is 17.7 Å². The summed E-state index contributed by atoms with van der Waals surface area (Å²) in [7, 11) is 0. The fourth-order valence-corrected chi connectivity index (χ4v) is 3.25. The highest BCUT2D eigenvalue weighted by Gasteiger charge is 2.20. The van der Waals surface area contributed by atoms with Crippen molar-refractivity contribution >= 4 is 28.6 Å². The summed E-state index contributed by atoms with van der Waals surface area (Å²) in [5, 5.41) is 2.72. The lowest BCUT2D eigenvalue weighted by Crippen LogP contribution is -2.33. The Bertz CT molecular complexity index is 1100. The summed E-state index contributed by atoms with van der Waals surface area (Å²) in [4.78, 5) is 37.5. The van der Waals surface area contributed by atoms with Crippen molar-refractivity contribution in [2.45, 2.75) is 46.4 Å². The van der Waals surface area contributed by atoms with Crippen LogP contribution in [-0.4, -0.2) is 27.1 Å². The number of benzene rings is 2. The molecule has 0 saturated heterocycles. The normalized spacial score (nSPS) is 12.0. The summed E-state index contributed by atoms with van der Waals surface area (Å²) in [6.07, 6.45) is -0.183. The molecule has 1 N–H and O–H groups in total. The summed E-state index contributed by atoms with van der Waals surface area (Å²) in [5.41, 5.74) is 2.83. The second-order valence-electron chi connectivity index (χ2n) is 7.00. The molecule has 1 unspecified atom stereocenters. The zero-order valence-electron chi connectivity index (χ0n) is 16.8. The van der Waals surface area contributed by atoms with Gasteiger partial charge in [-0.15, -0.1) is 0 Å². The Morgan fingerprint density at radius 2 is 1.76 bits per heavy atom. The average molecular weight is 395 g/mol. The van der Waals surface area contributed by atoms with Gasteiger partial charge in [-0.2, -0.15) is 0 Å². The molecule has 1 amide bonds. The molecule has 3 aromatic rings. The lowest BCUT2D eigenvalue weighted by atomic mass is 10.2. The van der Waals surface area contributed by atoms with Gasteiger partial charge in [-0.05, 0) is 50.1 Å². The topological polar surface area (TPSA) is 82.3 Å². The molecule has 0 fully saturated rings. The molecule has 0 spiro atoms. The van der Waals surface area contributed by atoms with Crippen molar-refractivity contribution in [1.82, 2.24) is 9.13 Å². The van der Waals surface area contributed by atoms with E-state index in [2.05, 4.69) is 5.32 Å². The molecule has 0 radical (unpaired) electrons. The van der Waals surface area contributed by atoms with Crippen molar-refractivity contribution in [3.8, 4) is 0 Å². The van der Waals surface area contributed by atoms with E-state index >= 15 is 0 Å². The van der Waals surface area contributed by atoms with Crippen LogP contribution in [0.5, 0.6) is 0 Å². The van der Waals surface area contributed by atoms with E-state index in [-0.39, 0.29) is 12.2 Å². The highest BCUT2D eigenvalue weighted by molar-refractivity contribution is 5.95. The fraction of sp³-hybridized carbons (Fsp3) is 0.318. The highest BCUT2D eigenvalue weighted by atomic mass is 16.5. The third-order valence-electron chi connectivity index (χ3n) is 4.62. The van der Waals surface area contributed by atoms with Crippen molar-refractivity contribution in [2.75, 3.05) is 5.32 Å². The number of esters is 1. The van der Waals surface area contributed by atoms with Crippen molar-refractivity contribution in [3.63, 3.8) is 0 Å². The Morgan fingerprint density at radius 3 is 2.41 bits per heavy atom. The molecule has 0 saturated carbocycles. The second-order valence-corrected chi connectivity index (χ2v) is 7.00. The first-order chi connectivity index (χ1) is 13.9. The van der Waals surface area contributed by atoms with Gasteiger partial charge in [0.2, 0.25) is 0 Å². The number of carbonyl (C=O) groups is 2. The SMILES string of the molecule is CCCn1c(=O)n(CC(=O)OC(C)C(=O)Nc2cccc(C)c2)c2ccccc21. The molecule has 0 aliphatic rings. The van der Waals surface area contributed by atoms with Crippen molar-refractivity contribution < 1.29 is 14.3 Å². The molecule has 7 nitrogen and oxygen atoms in total. The van der Waals surface area contributed by atoms with Gasteiger partial charge in [-0.3, -0.25) is 18.7 Å². The van der Waals surface area contributed by atoms with Gasteiger partial charge in [0.05, 0.1) is 11.0 Å². The Labute approximate surface area is 168 Å². The summed E-state index contributed by atoms with van der Waals surface area (Å²) < 4.78 is 8.31. The minimum Gasteiger partial charge on any atom is -0.451 e. The number of anilines is 1. The number of nitrogens with zero attached hydrogens (tertiary/aromatic N) is 2. The predicted octanol–water partition coefficient (Wildman–Crippen LogP) is 3.09. The number of fused-ring (bicyclic) bond motifs is 1. The van der Waals surface area contributed by atoms with Crippen LogP contribution in [0.2, 0.25) is 0 Å². The van der Waals surface area contributed by atoms with E-state index in [9.17, 15) is 14.4 Å². The first kappa shape index (κ1) is 20.4. The van der Waals surface area contributed by atoms with Crippen molar-refractivity contribution in [3.05, 3.63) is 64.6 Å². The van der Waals surface area contributed by atoms with Crippen LogP contribution in [0.25, 0.3) is 11.0 Å². The maximum atomic E-state index is 12.7. The van der Waals surface area contributed by atoms with Crippen molar-refractivity contribution in [2.24, 2.45) is 0 Å². The highest BCUT2D eigenvalue weighted by Crippen LogP contribution is 2.14. The standard InChI is InChI=1S/C22H25N3O4/c1-4-12-24-18-10-5-6-11-19(18)25(22(24)28)14-20(26)29-16(3)21(27)23-17-9-7-8-15(2)13-17/h5-11,13,16H,4,12,14H2,1-3H3,(H,23,27). The zero-order valence-corrected chi connectivity index (χ0v) is 16.8. The molecular weight excluding hydrogens is 370 g/mol. The van der Waals surface area contributed by atoms with Gasteiger partial charge in [0.25, 0.3) is 5.91 Å². The number of carbonyl (C=O) groups excluding carboxylic acids is 2. The summed E-state index contributed by atoms with van der Waals surface area (Å²) in [6.45, 7) is 5.73. The van der Waals surface area contributed by atoms with E-state index in [1.165, 1.54) is 11.5 Å². The molecule has 29 heavy (non-hydrogen) atoms. The quantitative estimate of drug-likeness (QED) is 0.623. The Morgan fingerprint density at radius 1 is 1.07 bits per heavy atom. The van der Waals surface area contributed by atoms with E-state index in [1.807, 2.05) is 50.2 Å². The molecule has 152 valence electrons. The maximum absolute atomic E-state index is 12.7. The number of nitrogens with one attached hydrogen (secondary N) is 1. The summed E-state index contributed by atoms with van der Waals surface area (Å²) in [5.74, 6) is -1.07. The number of aromatic nitrogens is 2. The molecular formula is C22H25N3O4. The minimum absolute atomic E-state index is 0.252. The van der Waals surface area contributed by atoms with Crippen LogP contribution in [-0.2, 0) is 27.4 Å². The number of para-hydroxylation sites is 2. The predicted molar refractivity (Wildman–Crippen MR) is 112 cm³/mol. The Hall–Kier alpha value is -3.35. The minimum atomic E-state index is -0.984. The number of hydrogen-bond acceptors (Lipinski definition) is 4. The van der Waals surface area contributed by atoms with Gasteiger partial charge in [0.15, 0.2) is 6.10 Å². The van der Waals surface area contributed by atoms with Crippen LogP contribution in [0.15, 0.2) is 53.3 Å². The maximum Gasteiger partial charge on any atom is 0.329 e. The number of ether oxygens (including phenoxy) is 1. The molecule has 1 atom stereocenters. The van der Waals surface area contributed by atoms with Crippen molar-refractivity contribution in [1.29, 1.82) is 0 Å². The van der Waals surface area contributed by atoms with Gasteiger partial charge in [-0.1, -0.05) is 31.2 Å². The molecule has 0 bridgehead atoms. The van der Waals surface area contributed by atoms with Gasteiger partial charge in [-0.25, -0.2) is 4.79 Å². The van der Waals surface area contributed by atoms with Crippen LogP contribution >= 0.6 is 0 Å². The number of aryl methyl sites for hydroxylation is 2. The number of imidazole rings is 1. The van der Waals surface area contributed by atoms with E-state index in [0.717, 1.165) is 17.5 Å². The monoisotopic (exact) mass is 395 g/mol. The van der Waals surface area contributed by atoms with Crippen LogP contribution in [0.4, 0.5) is 5.69 Å². The number of rotatable bonds is 7. The third-order valence-corrected chi connectivity index (χ3v) is 4.62.